The number of carbonyl (C=O) groups is 2. The number of aromatic nitrogens is 2. The molecule has 26 heavy (non-hydrogen) atoms. The Labute approximate surface area is 159 Å². The maximum Gasteiger partial charge on any atom is 0.282 e. The van der Waals surface area contributed by atoms with Crippen molar-refractivity contribution in [2.24, 2.45) is 0 Å². The van der Waals surface area contributed by atoms with Gasteiger partial charge < -0.3 is 14.2 Å². The lowest BCUT2D eigenvalue weighted by molar-refractivity contribution is -0.133. The summed E-state index contributed by atoms with van der Waals surface area (Å²) in [6.07, 6.45) is 1.92. The van der Waals surface area contributed by atoms with Crippen LogP contribution in [0.1, 0.15) is 18.7 Å². The zero-order valence-corrected chi connectivity index (χ0v) is 15.5. The zero-order valence-electron chi connectivity index (χ0n) is 13.9. The van der Waals surface area contributed by atoms with E-state index in [4.69, 9.17) is 16.0 Å². The first-order valence-corrected chi connectivity index (χ1v) is 9.76. The minimum atomic E-state index is -0.0826. The van der Waals surface area contributed by atoms with Gasteiger partial charge in [0.2, 0.25) is 17.7 Å². The van der Waals surface area contributed by atoms with Crippen LogP contribution in [0.25, 0.3) is 11.5 Å². The number of hydrogen-bond donors (Lipinski definition) is 0. The van der Waals surface area contributed by atoms with Crippen LogP contribution in [-0.4, -0.2) is 56.0 Å². The van der Waals surface area contributed by atoms with E-state index in [1.165, 1.54) is 11.8 Å². The summed E-state index contributed by atoms with van der Waals surface area (Å²) in [6.45, 7) is 0.967. The molecule has 1 aromatic carbocycles. The summed E-state index contributed by atoms with van der Waals surface area (Å²) in [6, 6.07) is 7.42. The van der Waals surface area contributed by atoms with Crippen molar-refractivity contribution in [2.45, 2.75) is 25.4 Å². The predicted octanol–water partition coefficient (Wildman–Crippen LogP) is 3.05. The Kier molecular flexibility index (Phi) is 4.86. The van der Waals surface area contributed by atoms with Crippen molar-refractivity contribution < 1.29 is 14.0 Å². The van der Waals surface area contributed by atoms with Crippen molar-refractivity contribution in [1.82, 2.24) is 20.0 Å². The molecule has 0 radical (unpaired) electrons. The molecular formula is C17H17ClN4O3S. The maximum absolute atomic E-state index is 12.7. The van der Waals surface area contributed by atoms with Gasteiger partial charge in [-0.15, -0.1) is 10.2 Å². The van der Waals surface area contributed by atoms with E-state index in [2.05, 4.69) is 10.2 Å². The van der Waals surface area contributed by atoms with E-state index in [0.29, 0.717) is 28.9 Å². The summed E-state index contributed by atoms with van der Waals surface area (Å²) in [7, 11) is 0. The van der Waals surface area contributed by atoms with Crippen LogP contribution in [0.5, 0.6) is 0 Å². The number of amides is 2. The van der Waals surface area contributed by atoms with E-state index in [1.807, 2.05) is 12.1 Å². The Hall–Kier alpha value is -2.06. The van der Waals surface area contributed by atoms with E-state index in [1.54, 1.807) is 21.9 Å². The Balaban J connectivity index is 1.46. The van der Waals surface area contributed by atoms with Crippen molar-refractivity contribution >= 4 is 34.5 Å². The second kappa shape index (κ2) is 7.28. The largest absolute Gasteiger partial charge is 0.419 e. The van der Waals surface area contributed by atoms with Crippen LogP contribution in [0.3, 0.4) is 0 Å². The summed E-state index contributed by atoms with van der Waals surface area (Å²) in [5, 5.41) is 8.60. The molecule has 2 heterocycles. The molecule has 1 aliphatic heterocycles. The molecule has 136 valence electrons. The van der Waals surface area contributed by atoms with Gasteiger partial charge in [0.15, 0.2) is 0 Å². The first-order valence-electron chi connectivity index (χ1n) is 8.40. The van der Waals surface area contributed by atoms with Gasteiger partial charge in [0.1, 0.15) is 6.54 Å². The van der Waals surface area contributed by atoms with Crippen LogP contribution >= 0.6 is 23.4 Å². The molecule has 2 aromatic rings. The fourth-order valence-corrected chi connectivity index (χ4v) is 3.88. The van der Waals surface area contributed by atoms with Gasteiger partial charge >= 0.3 is 0 Å². The molecule has 2 fully saturated rings. The average molecular weight is 393 g/mol. The summed E-state index contributed by atoms with van der Waals surface area (Å²) in [5.41, 5.74) is 0.664. The fraction of sp³-hybridized carbons (Fsp3) is 0.412. The number of nitrogens with zero attached hydrogens (tertiary/aromatic N) is 4. The van der Waals surface area contributed by atoms with E-state index in [-0.39, 0.29) is 30.3 Å². The van der Waals surface area contributed by atoms with Gasteiger partial charge in [-0.25, -0.2) is 0 Å². The number of thioether (sulfide) groups is 1. The third-order valence-electron chi connectivity index (χ3n) is 4.36. The van der Waals surface area contributed by atoms with Crippen LogP contribution < -0.4 is 0 Å². The van der Waals surface area contributed by atoms with Crippen LogP contribution in [-0.2, 0) is 11.3 Å². The number of halogens is 1. The molecule has 2 amide bonds. The molecule has 9 heteroatoms. The van der Waals surface area contributed by atoms with Crippen molar-refractivity contribution in [3.05, 3.63) is 35.2 Å². The highest BCUT2D eigenvalue weighted by Gasteiger charge is 2.35. The van der Waals surface area contributed by atoms with Crippen LogP contribution in [0, 0.1) is 0 Å². The van der Waals surface area contributed by atoms with Crippen LogP contribution in [0.4, 0.5) is 4.79 Å². The highest BCUT2D eigenvalue weighted by Crippen LogP contribution is 2.30. The topological polar surface area (TPSA) is 79.5 Å². The molecule has 1 aliphatic carbocycles. The molecule has 7 nitrogen and oxygen atoms in total. The summed E-state index contributed by atoms with van der Waals surface area (Å²) < 4.78 is 5.72. The number of rotatable bonds is 6. The molecule has 4 rings (SSSR count). The van der Waals surface area contributed by atoms with Gasteiger partial charge in [0.05, 0.1) is 17.1 Å². The Bertz CT molecular complexity index is 839. The zero-order chi connectivity index (χ0) is 18.1. The average Bonchev–Trinajstić information content (AvgIpc) is 3.23. The quantitative estimate of drug-likeness (QED) is 0.751. The second-order valence-electron chi connectivity index (χ2n) is 6.27. The third-order valence-corrected chi connectivity index (χ3v) is 5.58. The molecule has 0 bridgehead atoms. The van der Waals surface area contributed by atoms with Gasteiger partial charge in [0.25, 0.3) is 5.24 Å². The number of benzene rings is 1. The second-order valence-corrected chi connectivity index (χ2v) is 7.72. The molecule has 1 aromatic heterocycles. The molecule has 0 spiro atoms. The van der Waals surface area contributed by atoms with Crippen LogP contribution in [0.15, 0.2) is 28.7 Å². The predicted molar refractivity (Wildman–Crippen MR) is 97.7 cm³/mol. The summed E-state index contributed by atoms with van der Waals surface area (Å²) >= 11 is 7.41. The fourth-order valence-electron chi connectivity index (χ4n) is 2.84. The highest BCUT2D eigenvalue weighted by molar-refractivity contribution is 8.13. The molecular weight excluding hydrogens is 376 g/mol. The van der Waals surface area contributed by atoms with Gasteiger partial charge in [-0.2, -0.15) is 0 Å². The molecule has 0 N–H and O–H groups in total. The lowest BCUT2D eigenvalue weighted by atomic mass is 10.2. The highest BCUT2D eigenvalue weighted by atomic mass is 35.5. The Morgan fingerprint density at radius 1 is 1.35 bits per heavy atom. The minimum absolute atomic E-state index is 0.0344. The summed E-state index contributed by atoms with van der Waals surface area (Å²) in [5.74, 6) is 1.35. The van der Waals surface area contributed by atoms with E-state index >= 15 is 0 Å². The first kappa shape index (κ1) is 17.4. The lowest BCUT2D eigenvalue weighted by Crippen LogP contribution is -2.41. The normalized spacial score (nSPS) is 17.0. The van der Waals surface area contributed by atoms with E-state index in [0.717, 1.165) is 18.6 Å². The van der Waals surface area contributed by atoms with Gasteiger partial charge in [0, 0.05) is 18.3 Å². The summed E-state index contributed by atoms with van der Waals surface area (Å²) in [4.78, 5) is 27.7. The van der Waals surface area contributed by atoms with Crippen molar-refractivity contribution in [3.63, 3.8) is 0 Å². The molecule has 1 saturated heterocycles. The first-order chi connectivity index (χ1) is 12.6. The number of hydrogen-bond acceptors (Lipinski definition) is 6. The van der Waals surface area contributed by atoms with Crippen molar-refractivity contribution in [2.75, 3.05) is 18.8 Å². The molecule has 1 saturated carbocycles. The van der Waals surface area contributed by atoms with Crippen LogP contribution in [0.2, 0.25) is 5.02 Å². The molecule has 0 atom stereocenters. The number of carbonyl (C=O) groups excluding carboxylic acids is 2. The van der Waals surface area contributed by atoms with E-state index in [9.17, 15) is 9.59 Å². The standard InChI is InChI=1S/C17H17ClN4O3S/c18-13-4-2-1-3-12(13)16-20-19-14(25-16)9-22(11-5-6-11)15(23)10-21-7-8-26-17(21)24/h1-4,11H,5-10H2. The monoisotopic (exact) mass is 392 g/mol. The Morgan fingerprint density at radius 3 is 2.85 bits per heavy atom. The lowest BCUT2D eigenvalue weighted by Gasteiger charge is -2.23. The van der Waals surface area contributed by atoms with Gasteiger partial charge in [-0.05, 0) is 25.0 Å². The van der Waals surface area contributed by atoms with Gasteiger partial charge in [-0.1, -0.05) is 35.5 Å². The minimum Gasteiger partial charge on any atom is -0.419 e. The van der Waals surface area contributed by atoms with Crippen molar-refractivity contribution in [3.8, 4) is 11.5 Å². The third kappa shape index (κ3) is 3.71. The maximum atomic E-state index is 12.7. The molecule has 2 aliphatic rings. The molecule has 0 unspecified atom stereocenters. The smallest absolute Gasteiger partial charge is 0.282 e. The van der Waals surface area contributed by atoms with Gasteiger partial charge in [-0.3, -0.25) is 9.59 Å². The van der Waals surface area contributed by atoms with Crippen molar-refractivity contribution in [1.29, 1.82) is 0 Å². The SMILES string of the molecule is O=C1SCCN1CC(=O)N(Cc1nnc(-c2ccccc2Cl)o1)C1CC1. The Morgan fingerprint density at radius 2 is 2.15 bits per heavy atom. The van der Waals surface area contributed by atoms with E-state index < -0.39 is 0 Å².